The van der Waals surface area contributed by atoms with Crippen LogP contribution in [0, 0.1) is 0 Å². The molecule has 0 aliphatic heterocycles. The molecule has 0 aliphatic carbocycles. The molecule has 2 rings (SSSR count). The number of nitrogens with one attached hydrogen (secondary N) is 2. The van der Waals surface area contributed by atoms with Crippen molar-refractivity contribution in [3.63, 3.8) is 0 Å². The lowest BCUT2D eigenvalue weighted by Crippen LogP contribution is -2.13. The van der Waals surface area contributed by atoms with Crippen LogP contribution in [0.2, 0.25) is 0 Å². The number of hydrogen-bond acceptors (Lipinski definition) is 8. The van der Waals surface area contributed by atoms with Crippen LogP contribution in [0.15, 0.2) is 12.7 Å². The Labute approximate surface area is 121 Å². The largest absolute Gasteiger partial charge is 0.370 e. The molecule has 1 amide bonds. The predicted octanol–water partition coefficient (Wildman–Crippen LogP) is -0.438. The van der Waals surface area contributed by atoms with E-state index in [9.17, 15) is 4.79 Å². The zero-order valence-corrected chi connectivity index (χ0v) is 11.7. The summed E-state index contributed by atoms with van der Waals surface area (Å²) in [5.74, 6) is 0.932. The summed E-state index contributed by atoms with van der Waals surface area (Å²) >= 11 is 0. The van der Waals surface area contributed by atoms with E-state index < -0.39 is 0 Å². The van der Waals surface area contributed by atoms with E-state index in [4.69, 9.17) is 5.73 Å². The molecule has 0 bridgehead atoms. The van der Waals surface area contributed by atoms with Gasteiger partial charge in [-0.05, 0) is 12.8 Å². The average molecular weight is 291 g/mol. The third kappa shape index (κ3) is 4.37. The van der Waals surface area contributed by atoms with Crippen molar-refractivity contribution in [3.05, 3.63) is 12.7 Å². The molecule has 2 aromatic rings. The van der Waals surface area contributed by atoms with E-state index in [1.54, 1.807) is 7.05 Å². The summed E-state index contributed by atoms with van der Waals surface area (Å²) in [6.07, 6.45) is 4.81. The molecule has 0 atom stereocenters. The standard InChI is InChI=1S/C11H17N9O/c1-13-9-17-10(15-5-3-2-4-8(12)21)19-11(18-9)20-7-14-6-16-20/h6-7H,2-5H2,1H3,(H2,12,21)(H2,13,15,17,18,19). The number of nitrogens with zero attached hydrogens (tertiary/aromatic N) is 6. The second-order valence-corrected chi connectivity index (χ2v) is 4.22. The second-order valence-electron chi connectivity index (χ2n) is 4.22. The number of rotatable bonds is 8. The fourth-order valence-corrected chi connectivity index (χ4v) is 1.59. The zero-order valence-electron chi connectivity index (χ0n) is 11.7. The highest BCUT2D eigenvalue weighted by molar-refractivity contribution is 5.73. The number of primary amides is 1. The number of nitrogens with two attached hydrogens (primary N) is 1. The van der Waals surface area contributed by atoms with E-state index in [0.717, 1.165) is 12.8 Å². The Morgan fingerprint density at radius 1 is 1.29 bits per heavy atom. The number of carbonyl (C=O) groups excluding carboxylic acids is 1. The molecule has 112 valence electrons. The lowest BCUT2D eigenvalue weighted by Gasteiger charge is -2.08. The van der Waals surface area contributed by atoms with Crippen LogP contribution in [0.25, 0.3) is 5.95 Å². The van der Waals surface area contributed by atoms with Gasteiger partial charge in [0.25, 0.3) is 5.95 Å². The fourth-order valence-electron chi connectivity index (χ4n) is 1.59. The van der Waals surface area contributed by atoms with Gasteiger partial charge in [-0.15, -0.1) is 0 Å². The minimum absolute atomic E-state index is 0.291. The highest BCUT2D eigenvalue weighted by Crippen LogP contribution is 2.08. The van der Waals surface area contributed by atoms with Crippen molar-refractivity contribution in [3.8, 4) is 5.95 Å². The van der Waals surface area contributed by atoms with Gasteiger partial charge in [0.15, 0.2) is 0 Å². The Bertz CT molecular complexity index is 583. The molecule has 0 saturated heterocycles. The van der Waals surface area contributed by atoms with Gasteiger partial charge in [0.05, 0.1) is 0 Å². The van der Waals surface area contributed by atoms with Crippen molar-refractivity contribution in [2.45, 2.75) is 19.3 Å². The highest BCUT2D eigenvalue weighted by atomic mass is 16.1. The predicted molar refractivity (Wildman–Crippen MR) is 75.8 cm³/mol. The molecule has 10 heteroatoms. The Morgan fingerprint density at radius 2 is 2.10 bits per heavy atom. The molecular weight excluding hydrogens is 274 g/mol. The van der Waals surface area contributed by atoms with E-state index in [1.165, 1.54) is 17.3 Å². The van der Waals surface area contributed by atoms with E-state index >= 15 is 0 Å². The van der Waals surface area contributed by atoms with Crippen molar-refractivity contribution in [1.82, 2.24) is 29.7 Å². The van der Waals surface area contributed by atoms with Crippen LogP contribution in [0.3, 0.4) is 0 Å². The first kappa shape index (κ1) is 14.6. The van der Waals surface area contributed by atoms with Crippen molar-refractivity contribution in [1.29, 1.82) is 0 Å². The lowest BCUT2D eigenvalue weighted by atomic mass is 10.2. The number of aromatic nitrogens is 6. The smallest absolute Gasteiger partial charge is 0.258 e. The summed E-state index contributed by atoms with van der Waals surface area (Å²) in [4.78, 5) is 27.1. The number of anilines is 2. The van der Waals surface area contributed by atoms with E-state index in [-0.39, 0.29) is 5.91 Å². The normalized spacial score (nSPS) is 10.3. The maximum absolute atomic E-state index is 10.6. The summed E-state index contributed by atoms with van der Waals surface area (Å²) in [5, 5.41) is 9.92. The Balaban J connectivity index is 1.99. The highest BCUT2D eigenvalue weighted by Gasteiger charge is 2.07. The van der Waals surface area contributed by atoms with E-state index in [1.807, 2.05) is 0 Å². The van der Waals surface area contributed by atoms with Gasteiger partial charge < -0.3 is 16.4 Å². The maximum atomic E-state index is 10.6. The molecule has 0 saturated carbocycles. The molecule has 2 aromatic heterocycles. The molecule has 0 unspecified atom stereocenters. The molecule has 2 heterocycles. The average Bonchev–Trinajstić information content (AvgIpc) is 3.00. The van der Waals surface area contributed by atoms with Crippen molar-refractivity contribution in [2.24, 2.45) is 5.73 Å². The van der Waals surface area contributed by atoms with Gasteiger partial charge in [-0.2, -0.15) is 24.7 Å². The summed E-state index contributed by atoms with van der Waals surface area (Å²) in [6.45, 7) is 0.636. The minimum Gasteiger partial charge on any atom is -0.370 e. The SMILES string of the molecule is CNc1nc(NCCCCC(N)=O)nc(-n2cncn2)n1. The summed E-state index contributed by atoms with van der Waals surface area (Å²) in [7, 11) is 1.72. The van der Waals surface area contributed by atoms with Gasteiger partial charge in [0.2, 0.25) is 17.8 Å². The Hall–Kier alpha value is -2.78. The molecule has 0 aliphatic rings. The van der Waals surface area contributed by atoms with Gasteiger partial charge in [-0.25, -0.2) is 4.98 Å². The van der Waals surface area contributed by atoms with Gasteiger partial charge in [0, 0.05) is 20.0 Å². The molecule has 10 nitrogen and oxygen atoms in total. The first-order chi connectivity index (χ1) is 10.2. The van der Waals surface area contributed by atoms with Gasteiger partial charge >= 0.3 is 0 Å². The van der Waals surface area contributed by atoms with Crippen LogP contribution in [0.5, 0.6) is 0 Å². The van der Waals surface area contributed by atoms with E-state index in [0.29, 0.717) is 30.8 Å². The molecule has 4 N–H and O–H groups in total. The third-order valence-corrected chi connectivity index (χ3v) is 2.60. The quantitative estimate of drug-likeness (QED) is 0.557. The number of unbranched alkanes of at least 4 members (excludes halogenated alkanes) is 1. The molecular formula is C11H17N9O. The van der Waals surface area contributed by atoms with E-state index in [2.05, 4.69) is 35.7 Å². The zero-order chi connectivity index (χ0) is 15.1. The van der Waals surface area contributed by atoms with Crippen molar-refractivity contribution < 1.29 is 4.79 Å². The van der Waals surface area contributed by atoms with Crippen LogP contribution in [0.1, 0.15) is 19.3 Å². The lowest BCUT2D eigenvalue weighted by molar-refractivity contribution is -0.118. The molecule has 0 aromatic carbocycles. The Kier molecular flexibility index (Phi) is 4.96. The molecule has 0 fully saturated rings. The topological polar surface area (TPSA) is 137 Å². The van der Waals surface area contributed by atoms with Crippen LogP contribution >= 0.6 is 0 Å². The third-order valence-electron chi connectivity index (χ3n) is 2.60. The maximum Gasteiger partial charge on any atom is 0.258 e. The first-order valence-corrected chi connectivity index (χ1v) is 6.50. The van der Waals surface area contributed by atoms with Crippen molar-refractivity contribution >= 4 is 17.8 Å². The van der Waals surface area contributed by atoms with Crippen LogP contribution in [-0.4, -0.2) is 49.2 Å². The summed E-state index contributed by atoms with van der Waals surface area (Å²) in [6, 6.07) is 0. The first-order valence-electron chi connectivity index (χ1n) is 6.50. The van der Waals surface area contributed by atoms with Gasteiger partial charge in [-0.3, -0.25) is 4.79 Å². The molecule has 0 radical (unpaired) electrons. The van der Waals surface area contributed by atoms with Gasteiger partial charge in [0.1, 0.15) is 12.7 Å². The Morgan fingerprint density at radius 3 is 2.76 bits per heavy atom. The number of amides is 1. The summed E-state index contributed by atoms with van der Waals surface area (Å²) < 4.78 is 1.45. The summed E-state index contributed by atoms with van der Waals surface area (Å²) in [5.41, 5.74) is 5.08. The molecule has 21 heavy (non-hydrogen) atoms. The second kappa shape index (κ2) is 7.12. The van der Waals surface area contributed by atoms with Crippen LogP contribution < -0.4 is 16.4 Å². The monoisotopic (exact) mass is 291 g/mol. The fraction of sp³-hybridized carbons (Fsp3) is 0.455. The molecule has 0 spiro atoms. The van der Waals surface area contributed by atoms with Crippen molar-refractivity contribution in [2.75, 3.05) is 24.2 Å². The van der Waals surface area contributed by atoms with Crippen LogP contribution in [0.4, 0.5) is 11.9 Å². The van der Waals surface area contributed by atoms with Crippen LogP contribution in [-0.2, 0) is 4.79 Å². The number of carbonyl (C=O) groups is 1. The number of hydrogen-bond donors (Lipinski definition) is 3. The van der Waals surface area contributed by atoms with Gasteiger partial charge in [-0.1, -0.05) is 0 Å². The minimum atomic E-state index is -0.291.